The maximum absolute atomic E-state index is 12.5. The third-order valence-electron chi connectivity index (χ3n) is 5.12. The molecule has 2 bridgehead atoms. The van der Waals surface area contributed by atoms with Gasteiger partial charge in [-0.3, -0.25) is 4.79 Å². The highest BCUT2D eigenvalue weighted by atomic mass is 16.2. The van der Waals surface area contributed by atoms with Crippen LogP contribution in [0, 0.1) is 17.8 Å². The summed E-state index contributed by atoms with van der Waals surface area (Å²) in [7, 11) is 0. The predicted molar refractivity (Wildman–Crippen MR) is 78.7 cm³/mol. The second-order valence-electron chi connectivity index (χ2n) is 7.32. The number of fused-ring (bicyclic) bond motifs is 2. The topological polar surface area (TPSA) is 55.1 Å². The molecule has 2 saturated carbocycles. The van der Waals surface area contributed by atoms with Gasteiger partial charge in [0.05, 0.1) is 0 Å². The Morgan fingerprint density at radius 2 is 1.84 bits per heavy atom. The fourth-order valence-electron chi connectivity index (χ4n) is 4.13. The van der Waals surface area contributed by atoms with Crippen LogP contribution in [0.4, 0.5) is 0 Å². The molecule has 2 unspecified atom stereocenters. The summed E-state index contributed by atoms with van der Waals surface area (Å²) < 4.78 is 0. The lowest BCUT2D eigenvalue weighted by atomic mass is 9.65. The van der Waals surface area contributed by atoms with Gasteiger partial charge < -0.3 is 11.1 Å². The number of hydrogen-bond acceptors (Lipinski definition) is 2. The van der Waals surface area contributed by atoms with Crippen molar-refractivity contribution in [1.82, 2.24) is 5.32 Å². The lowest BCUT2D eigenvalue weighted by Gasteiger charge is -2.44. The molecule has 2 rings (SSSR count). The van der Waals surface area contributed by atoms with Crippen LogP contribution in [-0.4, -0.2) is 17.5 Å². The van der Waals surface area contributed by atoms with Gasteiger partial charge in [-0.25, -0.2) is 0 Å². The molecule has 19 heavy (non-hydrogen) atoms. The Kier molecular flexibility index (Phi) is 4.54. The highest BCUT2D eigenvalue weighted by Crippen LogP contribution is 2.42. The van der Waals surface area contributed by atoms with Crippen LogP contribution in [0.5, 0.6) is 0 Å². The largest absolute Gasteiger partial charge is 0.351 e. The van der Waals surface area contributed by atoms with Gasteiger partial charge in [0.1, 0.15) is 0 Å². The Morgan fingerprint density at radius 3 is 2.37 bits per heavy atom. The fraction of sp³-hybridized carbons (Fsp3) is 0.938. The molecule has 3 heteroatoms. The Labute approximate surface area is 117 Å². The quantitative estimate of drug-likeness (QED) is 0.822. The zero-order valence-corrected chi connectivity index (χ0v) is 12.7. The van der Waals surface area contributed by atoms with E-state index < -0.39 is 0 Å². The average molecular weight is 266 g/mol. The SMILES string of the molecule is CCCC(C)(C)NC(=O)C1CC2CCCC(C1)C2N. The second kappa shape index (κ2) is 5.82. The fourth-order valence-corrected chi connectivity index (χ4v) is 4.13. The number of amides is 1. The third-order valence-corrected chi connectivity index (χ3v) is 5.12. The summed E-state index contributed by atoms with van der Waals surface area (Å²) in [4.78, 5) is 12.5. The van der Waals surface area contributed by atoms with E-state index in [-0.39, 0.29) is 17.4 Å². The molecule has 3 N–H and O–H groups in total. The van der Waals surface area contributed by atoms with E-state index in [4.69, 9.17) is 5.73 Å². The predicted octanol–water partition coefficient (Wildman–Crippen LogP) is 2.83. The van der Waals surface area contributed by atoms with Gasteiger partial charge in [-0.05, 0) is 57.8 Å². The summed E-state index contributed by atoms with van der Waals surface area (Å²) in [5.41, 5.74) is 6.22. The molecule has 0 aromatic rings. The van der Waals surface area contributed by atoms with Crippen molar-refractivity contribution >= 4 is 5.91 Å². The van der Waals surface area contributed by atoms with Crippen LogP contribution >= 0.6 is 0 Å². The first-order valence-corrected chi connectivity index (χ1v) is 8.00. The lowest BCUT2D eigenvalue weighted by molar-refractivity contribution is -0.129. The molecule has 0 aromatic carbocycles. The van der Waals surface area contributed by atoms with Crippen LogP contribution in [-0.2, 0) is 4.79 Å². The third kappa shape index (κ3) is 3.50. The van der Waals surface area contributed by atoms with Gasteiger partial charge in [0.15, 0.2) is 0 Å². The minimum absolute atomic E-state index is 0.0689. The summed E-state index contributed by atoms with van der Waals surface area (Å²) in [6, 6.07) is 0.349. The van der Waals surface area contributed by atoms with Crippen LogP contribution in [0.25, 0.3) is 0 Å². The molecule has 2 fully saturated rings. The normalized spacial score (nSPS) is 34.9. The lowest BCUT2D eigenvalue weighted by Crippen LogP contribution is -2.52. The highest BCUT2D eigenvalue weighted by molar-refractivity contribution is 5.79. The van der Waals surface area contributed by atoms with Crippen LogP contribution in [0.3, 0.4) is 0 Å². The standard InChI is InChI=1S/C16H30N2O/c1-4-8-16(2,3)18-15(19)13-9-11-6-5-7-12(10-13)14(11)17/h11-14H,4-10,17H2,1-3H3,(H,18,19). The second-order valence-corrected chi connectivity index (χ2v) is 7.32. The number of nitrogens with one attached hydrogen (secondary N) is 1. The maximum Gasteiger partial charge on any atom is 0.223 e. The van der Waals surface area contributed by atoms with Crippen molar-refractivity contribution in [3.63, 3.8) is 0 Å². The molecule has 2 atom stereocenters. The molecule has 0 saturated heterocycles. The van der Waals surface area contributed by atoms with E-state index in [1.807, 2.05) is 0 Å². The van der Waals surface area contributed by atoms with E-state index in [2.05, 4.69) is 26.1 Å². The van der Waals surface area contributed by atoms with Gasteiger partial charge in [0, 0.05) is 17.5 Å². The van der Waals surface area contributed by atoms with Gasteiger partial charge >= 0.3 is 0 Å². The number of hydrogen-bond donors (Lipinski definition) is 2. The van der Waals surface area contributed by atoms with Gasteiger partial charge in [0.25, 0.3) is 0 Å². The van der Waals surface area contributed by atoms with E-state index in [1.54, 1.807) is 0 Å². The van der Waals surface area contributed by atoms with Crippen LogP contribution < -0.4 is 11.1 Å². The molecular formula is C16H30N2O. The van der Waals surface area contributed by atoms with Crippen molar-refractivity contribution in [1.29, 1.82) is 0 Å². The monoisotopic (exact) mass is 266 g/mol. The van der Waals surface area contributed by atoms with Crippen molar-refractivity contribution in [2.24, 2.45) is 23.5 Å². The molecule has 0 aromatic heterocycles. The molecule has 0 heterocycles. The molecule has 3 nitrogen and oxygen atoms in total. The van der Waals surface area contributed by atoms with Crippen LogP contribution in [0.15, 0.2) is 0 Å². The summed E-state index contributed by atoms with van der Waals surface area (Å²) in [5, 5.41) is 3.25. The van der Waals surface area contributed by atoms with E-state index in [9.17, 15) is 4.79 Å². The van der Waals surface area contributed by atoms with E-state index in [0.29, 0.717) is 17.9 Å². The van der Waals surface area contributed by atoms with Gasteiger partial charge in [-0.1, -0.05) is 19.8 Å². The van der Waals surface area contributed by atoms with Crippen molar-refractivity contribution in [3.8, 4) is 0 Å². The minimum atomic E-state index is -0.0689. The first-order chi connectivity index (χ1) is 8.93. The highest BCUT2D eigenvalue weighted by Gasteiger charge is 2.41. The number of carbonyl (C=O) groups excluding carboxylic acids is 1. The van der Waals surface area contributed by atoms with Gasteiger partial charge in [-0.2, -0.15) is 0 Å². The molecule has 0 spiro atoms. The first kappa shape index (κ1) is 14.8. The van der Waals surface area contributed by atoms with Crippen molar-refractivity contribution in [2.45, 2.75) is 77.3 Å². The number of rotatable bonds is 4. The van der Waals surface area contributed by atoms with E-state index >= 15 is 0 Å². The van der Waals surface area contributed by atoms with Crippen molar-refractivity contribution in [2.75, 3.05) is 0 Å². The average Bonchev–Trinajstić information content (AvgIpc) is 2.27. The molecule has 2 aliphatic carbocycles. The summed E-state index contributed by atoms with van der Waals surface area (Å²) in [5.74, 6) is 1.63. The molecule has 1 amide bonds. The Balaban J connectivity index is 1.94. The zero-order chi connectivity index (χ0) is 14.0. The summed E-state index contributed by atoms with van der Waals surface area (Å²) in [6.45, 7) is 6.42. The zero-order valence-electron chi connectivity index (χ0n) is 12.7. The van der Waals surface area contributed by atoms with Crippen LogP contribution in [0.1, 0.15) is 65.7 Å². The summed E-state index contributed by atoms with van der Waals surface area (Å²) >= 11 is 0. The van der Waals surface area contributed by atoms with Crippen molar-refractivity contribution in [3.05, 3.63) is 0 Å². The molecule has 110 valence electrons. The van der Waals surface area contributed by atoms with E-state index in [0.717, 1.165) is 25.7 Å². The molecular weight excluding hydrogens is 236 g/mol. The first-order valence-electron chi connectivity index (χ1n) is 8.00. The number of nitrogens with two attached hydrogens (primary N) is 1. The van der Waals surface area contributed by atoms with E-state index in [1.165, 1.54) is 19.3 Å². The molecule has 0 radical (unpaired) electrons. The molecule has 0 aliphatic heterocycles. The number of carbonyl (C=O) groups is 1. The smallest absolute Gasteiger partial charge is 0.223 e. The molecule has 2 aliphatic rings. The van der Waals surface area contributed by atoms with Crippen LogP contribution in [0.2, 0.25) is 0 Å². The summed E-state index contributed by atoms with van der Waals surface area (Å²) in [6.07, 6.45) is 7.90. The Morgan fingerprint density at radius 1 is 1.26 bits per heavy atom. The Hall–Kier alpha value is -0.570. The van der Waals surface area contributed by atoms with Gasteiger partial charge in [0.2, 0.25) is 5.91 Å². The van der Waals surface area contributed by atoms with Crippen molar-refractivity contribution < 1.29 is 4.79 Å². The maximum atomic E-state index is 12.5. The van der Waals surface area contributed by atoms with Gasteiger partial charge in [-0.15, -0.1) is 0 Å². The minimum Gasteiger partial charge on any atom is -0.351 e. The Bertz CT molecular complexity index is 313.